The van der Waals surface area contributed by atoms with E-state index in [0.29, 0.717) is 0 Å². The predicted molar refractivity (Wildman–Crippen MR) is 203 cm³/mol. The molecule has 3 heterocycles. The van der Waals surface area contributed by atoms with Gasteiger partial charge in [-0.3, -0.25) is 4.39 Å². The van der Waals surface area contributed by atoms with Gasteiger partial charge in [0.2, 0.25) is 0 Å². The molecule has 0 fully saturated rings. The van der Waals surface area contributed by atoms with Crippen molar-refractivity contribution in [3.05, 3.63) is 163 Å². The molecule has 0 unspecified atom stereocenters. The molecule has 0 aliphatic heterocycles. The number of pyridine rings is 2. The van der Waals surface area contributed by atoms with Crippen molar-refractivity contribution in [1.82, 2.24) is 9.97 Å². The Hall–Kier alpha value is -4.74. The van der Waals surface area contributed by atoms with Gasteiger partial charge in [0.25, 0.3) is 0 Å². The van der Waals surface area contributed by atoms with Gasteiger partial charge in [-0.05, 0) is 39.2 Å². The van der Waals surface area contributed by atoms with E-state index in [9.17, 15) is 4.39 Å². The van der Waals surface area contributed by atoms with Crippen LogP contribution in [0.4, 0.5) is 4.39 Å². The molecule has 6 heteroatoms. The van der Waals surface area contributed by atoms with E-state index < -0.39 is 8.07 Å². The second-order valence-corrected chi connectivity index (χ2v) is 19.0. The van der Waals surface area contributed by atoms with Crippen LogP contribution in [0.5, 0.6) is 0 Å². The van der Waals surface area contributed by atoms with E-state index in [0.717, 1.165) is 49.8 Å². The van der Waals surface area contributed by atoms with Crippen molar-refractivity contribution in [1.29, 1.82) is 0 Å². The summed E-state index contributed by atoms with van der Waals surface area (Å²) in [5, 5.41) is 5.83. The van der Waals surface area contributed by atoms with Crippen molar-refractivity contribution in [2.75, 3.05) is 0 Å². The fourth-order valence-corrected chi connectivity index (χ4v) is 7.23. The van der Waals surface area contributed by atoms with Gasteiger partial charge in [0.1, 0.15) is 5.58 Å². The number of hydrogen-bond acceptors (Lipinski definition) is 3. The van der Waals surface area contributed by atoms with E-state index in [-0.39, 0.29) is 31.3 Å². The maximum atomic E-state index is 12.8. The minimum atomic E-state index is -1.30. The largest absolute Gasteiger partial charge is 0.500 e. The number of rotatable bonds is 5. The molecule has 0 aliphatic rings. The summed E-state index contributed by atoms with van der Waals surface area (Å²) in [5.41, 5.74) is 7.53. The van der Waals surface area contributed by atoms with Crippen LogP contribution in [0.15, 0.2) is 138 Å². The molecule has 0 saturated carbocycles. The first-order valence-electron chi connectivity index (χ1n) is 16.5. The number of benzene rings is 5. The molecule has 251 valence electrons. The summed E-state index contributed by atoms with van der Waals surface area (Å²) in [6.45, 7) is 11.4. The summed E-state index contributed by atoms with van der Waals surface area (Å²) in [5.74, 6) is -0.271. The first-order valence-corrected chi connectivity index (χ1v) is 20.0. The van der Waals surface area contributed by atoms with Gasteiger partial charge >= 0.3 is 0 Å². The van der Waals surface area contributed by atoms with E-state index >= 15 is 0 Å². The van der Waals surface area contributed by atoms with Crippen molar-refractivity contribution in [3.8, 4) is 22.5 Å². The first kappa shape index (κ1) is 35.1. The normalized spacial score (nSPS) is 11.6. The summed E-state index contributed by atoms with van der Waals surface area (Å²) in [7, 11) is -1.30. The van der Waals surface area contributed by atoms with E-state index in [1.54, 1.807) is 6.07 Å². The number of furan rings is 1. The van der Waals surface area contributed by atoms with Crippen LogP contribution in [-0.4, -0.2) is 18.0 Å². The summed E-state index contributed by atoms with van der Waals surface area (Å²) >= 11 is 0. The summed E-state index contributed by atoms with van der Waals surface area (Å²) < 4.78 is 19.3. The van der Waals surface area contributed by atoms with Crippen LogP contribution >= 0.6 is 0 Å². The third-order valence-corrected chi connectivity index (χ3v) is 11.3. The Kier molecular flexibility index (Phi) is 10.00. The Morgan fingerprint density at radius 3 is 2.16 bits per heavy atom. The van der Waals surface area contributed by atoms with Crippen molar-refractivity contribution < 1.29 is 28.9 Å². The molecule has 1 radical (unpaired) electrons. The Labute approximate surface area is 307 Å². The quantitative estimate of drug-likeness (QED) is 0.128. The van der Waals surface area contributed by atoms with Gasteiger partial charge in [-0.1, -0.05) is 129 Å². The Bertz CT molecular complexity index is 2400. The van der Waals surface area contributed by atoms with Gasteiger partial charge < -0.3 is 14.4 Å². The van der Waals surface area contributed by atoms with Gasteiger partial charge in [-0.15, -0.1) is 48.0 Å². The smallest absolute Gasteiger partial charge is 0.128 e. The summed E-state index contributed by atoms with van der Waals surface area (Å²) in [4.78, 5) is 9.13. The van der Waals surface area contributed by atoms with Crippen molar-refractivity contribution in [3.63, 3.8) is 0 Å². The average molecular weight is 849 g/mol. The van der Waals surface area contributed by atoms with Gasteiger partial charge in [0, 0.05) is 54.5 Å². The first-order chi connectivity index (χ1) is 23.6. The van der Waals surface area contributed by atoms with Crippen molar-refractivity contribution in [2.24, 2.45) is 0 Å². The molecular formula is C44H37FIrN2OSi-2. The van der Waals surface area contributed by atoms with Crippen LogP contribution in [0.25, 0.3) is 55.2 Å². The molecule has 8 aromatic rings. The van der Waals surface area contributed by atoms with Crippen LogP contribution < -0.4 is 5.19 Å². The summed E-state index contributed by atoms with van der Waals surface area (Å²) in [6, 6.07) is 46.4. The van der Waals surface area contributed by atoms with Crippen LogP contribution in [0.3, 0.4) is 0 Å². The van der Waals surface area contributed by atoms with Gasteiger partial charge in [0.15, 0.2) is 0 Å². The van der Waals surface area contributed by atoms with E-state index in [1.165, 1.54) is 33.8 Å². The standard InChI is InChI=1S/C30H22NO.C14H15FNSi.Ir/c1-30(2,21-10-4-3-5-11-21)22-17-18-31-27(19-22)26-14-8-13-24-25-16-15-20-9-6-7-12-23(20)28(25)32-29(24)26;1-17(2,3)13-8-9-14(16-10-13)11-4-6-12(15)7-5-11;/h3-13,15-19H,1-2H3;4,6-10H,1-3H3;/q2*-1;. The molecule has 50 heavy (non-hydrogen) atoms. The minimum Gasteiger partial charge on any atom is -0.500 e. The van der Waals surface area contributed by atoms with Crippen LogP contribution in [-0.2, 0) is 25.5 Å². The molecule has 0 spiro atoms. The molecule has 3 nitrogen and oxygen atoms in total. The fraction of sp³-hybridized carbons (Fsp3) is 0.136. The minimum absolute atomic E-state index is 0. The molecule has 0 bridgehead atoms. The zero-order valence-corrected chi connectivity index (χ0v) is 32.1. The number of aromatic nitrogens is 2. The SMILES string of the molecule is CC(C)(c1ccccc1)c1ccnc(-c2[c-]ccc3c2oc2c4ccccc4ccc32)c1.C[Si](C)(C)c1ccc(-c2[c-]cc(F)cc2)nc1.[Ir]. The maximum Gasteiger partial charge on any atom is 0.128 e. The molecule has 0 amide bonds. The molecule has 0 atom stereocenters. The third-order valence-electron chi connectivity index (χ3n) is 9.24. The van der Waals surface area contributed by atoms with E-state index in [1.807, 2.05) is 24.5 Å². The fourth-order valence-electron chi connectivity index (χ4n) is 6.20. The summed E-state index contributed by atoms with van der Waals surface area (Å²) in [6.07, 6.45) is 3.82. The average Bonchev–Trinajstić information content (AvgIpc) is 3.52. The Balaban J connectivity index is 0.000000204. The second kappa shape index (κ2) is 14.2. The predicted octanol–water partition coefficient (Wildman–Crippen LogP) is 11.2. The number of nitrogens with zero attached hydrogens (tertiary/aromatic N) is 2. The van der Waals surface area contributed by atoms with Gasteiger partial charge in [0.05, 0.1) is 13.7 Å². The zero-order valence-electron chi connectivity index (χ0n) is 28.7. The van der Waals surface area contributed by atoms with Crippen LogP contribution in [0.1, 0.15) is 25.0 Å². The number of halogens is 1. The second-order valence-electron chi connectivity index (χ2n) is 13.9. The van der Waals surface area contributed by atoms with Crippen LogP contribution in [0, 0.1) is 17.9 Å². The molecule has 0 N–H and O–H groups in total. The Morgan fingerprint density at radius 2 is 1.44 bits per heavy atom. The number of fused-ring (bicyclic) bond motifs is 5. The van der Waals surface area contributed by atoms with Gasteiger partial charge in [-0.25, -0.2) is 0 Å². The molecule has 3 aromatic heterocycles. The van der Waals surface area contributed by atoms with E-state index in [2.05, 4.69) is 142 Å². The molecule has 0 aliphatic carbocycles. The molecule has 5 aromatic carbocycles. The topological polar surface area (TPSA) is 38.9 Å². The zero-order chi connectivity index (χ0) is 34.2. The maximum absolute atomic E-state index is 12.8. The molecule has 0 saturated heterocycles. The monoisotopic (exact) mass is 849 g/mol. The van der Waals surface area contributed by atoms with Gasteiger partial charge in [-0.2, -0.15) is 0 Å². The molecular weight excluding hydrogens is 812 g/mol. The van der Waals surface area contributed by atoms with Crippen molar-refractivity contribution >= 4 is 46.0 Å². The third kappa shape index (κ3) is 6.97. The number of hydrogen-bond donors (Lipinski definition) is 0. The van der Waals surface area contributed by atoms with Crippen molar-refractivity contribution in [2.45, 2.75) is 38.9 Å². The molecule has 8 rings (SSSR count). The Morgan fingerprint density at radius 1 is 0.680 bits per heavy atom. The van der Waals surface area contributed by atoms with Crippen LogP contribution in [0.2, 0.25) is 19.6 Å². The van der Waals surface area contributed by atoms with E-state index in [4.69, 9.17) is 9.40 Å².